The molecule has 0 aliphatic carbocycles. The third-order valence-electron chi connectivity index (χ3n) is 2.48. The van der Waals surface area contributed by atoms with Crippen molar-refractivity contribution in [3.63, 3.8) is 0 Å². The van der Waals surface area contributed by atoms with Crippen LogP contribution in [0.25, 0.3) is 0 Å². The average Bonchev–Trinajstić information content (AvgIpc) is 2.25. The number of hydrogen-bond acceptors (Lipinski definition) is 3. The molecule has 5 heteroatoms. The number of rotatable bonds is 5. The van der Waals surface area contributed by atoms with Crippen LogP contribution in [-0.2, 0) is 11.4 Å². The Bertz CT molecular complexity index is 407. The molecule has 1 amide bonds. The molecule has 0 spiro atoms. The van der Waals surface area contributed by atoms with Crippen LogP contribution < -0.4 is 10.6 Å². The standard InChI is InChI=1S/C12H17ClN2O2/c1-8(2)15(6-12(14)17)11-5-10(13)4-3-9(11)7-16/h3-5,8,16H,6-7H2,1-2H3,(H2,14,17). The normalized spacial score (nSPS) is 10.6. The highest BCUT2D eigenvalue weighted by Gasteiger charge is 2.16. The van der Waals surface area contributed by atoms with E-state index >= 15 is 0 Å². The first kappa shape index (κ1) is 13.8. The lowest BCUT2D eigenvalue weighted by atomic mass is 10.1. The van der Waals surface area contributed by atoms with E-state index in [0.29, 0.717) is 5.02 Å². The molecule has 0 aliphatic heterocycles. The van der Waals surface area contributed by atoms with E-state index in [1.807, 2.05) is 18.7 Å². The molecule has 4 nitrogen and oxygen atoms in total. The highest BCUT2D eigenvalue weighted by molar-refractivity contribution is 6.30. The molecule has 0 aliphatic rings. The minimum absolute atomic E-state index is 0.0891. The van der Waals surface area contributed by atoms with Crippen molar-refractivity contribution in [3.8, 4) is 0 Å². The van der Waals surface area contributed by atoms with Gasteiger partial charge in [0.1, 0.15) is 0 Å². The van der Waals surface area contributed by atoms with E-state index in [-0.39, 0.29) is 19.2 Å². The fraction of sp³-hybridized carbons (Fsp3) is 0.417. The smallest absolute Gasteiger partial charge is 0.236 e. The number of carbonyl (C=O) groups is 1. The quantitative estimate of drug-likeness (QED) is 0.840. The highest BCUT2D eigenvalue weighted by Crippen LogP contribution is 2.26. The van der Waals surface area contributed by atoms with Crippen molar-refractivity contribution in [2.24, 2.45) is 5.73 Å². The van der Waals surface area contributed by atoms with Crippen molar-refractivity contribution in [2.45, 2.75) is 26.5 Å². The molecule has 0 fully saturated rings. The maximum Gasteiger partial charge on any atom is 0.236 e. The summed E-state index contributed by atoms with van der Waals surface area (Å²) in [5, 5.41) is 9.85. The second kappa shape index (κ2) is 5.89. The largest absolute Gasteiger partial charge is 0.392 e. The van der Waals surface area contributed by atoms with Gasteiger partial charge in [0.2, 0.25) is 5.91 Å². The Labute approximate surface area is 106 Å². The number of aliphatic hydroxyl groups excluding tert-OH is 1. The van der Waals surface area contributed by atoms with E-state index in [1.54, 1.807) is 18.2 Å². The monoisotopic (exact) mass is 256 g/mol. The van der Waals surface area contributed by atoms with Crippen LogP contribution >= 0.6 is 11.6 Å². The van der Waals surface area contributed by atoms with Gasteiger partial charge in [-0.05, 0) is 26.0 Å². The summed E-state index contributed by atoms with van der Waals surface area (Å²) in [6.45, 7) is 3.90. The van der Waals surface area contributed by atoms with Crippen molar-refractivity contribution >= 4 is 23.2 Å². The van der Waals surface area contributed by atoms with Crippen molar-refractivity contribution in [3.05, 3.63) is 28.8 Å². The van der Waals surface area contributed by atoms with E-state index in [1.165, 1.54) is 0 Å². The first-order valence-corrected chi connectivity index (χ1v) is 5.77. The summed E-state index contributed by atoms with van der Waals surface area (Å²) in [6.07, 6.45) is 0. The van der Waals surface area contributed by atoms with Crippen LogP contribution in [0, 0.1) is 0 Å². The number of anilines is 1. The summed E-state index contributed by atoms with van der Waals surface area (Å²) in [4.78, 5) is 12.9. The molecule has 0 heterocycles. The van der Waals surface area contributed by atoms with E-state index in [9.17, 15) is 9.90 Å². The molecule has 3 N–H and O–H groups in total. The first-order chi connectivity index (χ1) is 7.95. The number of benzene rings is 1. The molecule has 94 valence electrons. The Balaban J connectivity index is 3.16. The number of amides is 1. The Morgan fingerprint density at radius 3 is 2.65 bits per heavy atom. The summed E-state index contributed by atoms with van der Waals surface area (Å²) in [6, 6.07) is 5.27. The van der Waals surface area contributed by atoms with Crippen molar-refractivity contribution in [1.29, 1.82) is 0 Å². The molecule has 1 aromatic rings. The number of hydrogen-bond donors (Lipinski definition) is 2. The van der Waals surface area contributed by atoms with Crippen molar-refractivity contribution in [1.82, 2.24) is 0 Å². The predicted octanol–water partition coefficient (Wildman–Crippen LogP) is 1.53. The number of nitrogens with zero attached hydrogens (tertiary/aromatic N) is 1. The SMILES string of the molecule is CC(C)N(CC(N)=O)c1cc(Cl)ccc1CO. The van der Waals surface area contributed by atoms with E-state index in [4.69, 9.17) is 17.3 Å². The highest BCUT2D eigenvalue weighted by atomic mass is 35.5. The van der Waals surface area contributed by atoms with Gasteiger partial charge in [0.15, 0.2) is 0 Å². The predicted molar refractivity (Wildman–Crippen MR) is 69.1 cm³/mol. The number of nitrogens with two attached hydrogens (primary N) is 1. The molecule has 0 saturated carbocycles. The van der Waals surface area contributed by atoms with Gasteiger partial charge in [-0.3, -0.25) is 4.79 Å². The van der Waals surface area contributed by atoms with Crippen LogP contribution in [0.15, 0.2) is 18.2 Å². The lowest BCUT2D eigenvalue weighted by Crippen LogP contribution is -2.39. The number of primary amides is 1. The minimum atomic E-state index is -0.414. The Hall–Kier alpha value is -1.26. The second-order valence-electron chi connectivity index (χ2n) is 4.12. The summed E-state index contributed by atoms with van der Waals surface area (Å²) in [5.41, 5.74) is 6.69. The molecule has 1 rings (SSSR count). The fourth-order valence-corrected chi connectivity index (χ4v) is 1.82. The van der Waals surface area contributed by atoms with E-state index < -0.39 is 5.91 Å². The molecule has 0 radical (unpaired) electrons. The van der Waals surface area contributed by atoms with E-state index in [2.05, 4.69) is 0 Å². The summed E-state index contributed by atoms with van der Waals surface area (Å²) >= 11 is 5.93. The minimum Gasteiger partial charge on any atom is -0.392 e. The molecule has 0 atom stereocenters. The molecule has 17 heavy (non-hydrogen) atoms. The summed E-state index contributed by atoms with van der Waals surface area (Å²) in [5.74, 6) is -0.414. The maximum atomic E-state index is 11.1. The molecular weight excluding hydrogens is 240 g/mol. The van der Waals surface area contributed by atoms with Gasteiger partial charge in [-0.2, -0.15) is 0 Å². The number of aliphatic hydroxyl groups is 1. The van der Waals surface area contributed by atoms with Crippen LogP contribution in [0.4, 0.5) is 5.69 Å². The van der Waals surface area contributed by atoms with Gasteiger partial charge >= 0.3 is 0 Å². The average molecular weight is 257 g/mol. The van der Waals surface area contributed by atoms with Crippen LogP contribution in [0.5, 0.6) is 0 Å². The van der Waals surface area contributed by atoms with Gasteiger partial charge in [-0.25, -0.2) is 0 Å². The van der Waals surface area contributed by atoms with Crippen LogP contribution in [-0.4, -0.2) is 23.6 Å². The zero-order valence-electron chi connectivity index (χ0n) is 9.98. The molecule has 0 bridgehead atoms. The Morgan fingerprint density at radius 1 is 1.53 bits per heavy atom. The number of carbonyl (C=O) groups excluding carboxylic acids is 1. The lowest BCUT2D eigenvalue weighted by Gasteiger charge is -2.29. The first-order valence-electron chi connectivity index (χ1n) is 5.40. The van der Waals surface area contributed by atoms with Gasteiger partial charge < -0.3 is 15.7 Å². The van der Waals surface area contributed by atoms with Crippen molar-refractivity contribution in [2.75, 3.05) is 11.4 Å². The zero-order valence-corrected chi connectivity index (χ0v) is 10.7. The van der Waals surface area contributed by atoms with Gasteiger partial charge in [-0.1, -0.05) is 17.7 Å². The lowest BCUT2D eigenvalue weighted by molar-refractivity contribution is -0.116. The zero-order chi connectivity index (χ0) is 13.0. The van der Waals surface area contributed by atoms with Crippen molar-refractivity contribution < 1.29 is 9.90 Å². The van der Waals surface area contributed by atoms with E-state index in [0.717, 1.165) is 11.3 Å². The third-order valence-corrected chi connectivity index (χ3v) is 2.71. The third kappa shape index (κ3) is 3.61. The Kier molecular flexibility index (Phi) is 4.78. The number of halogens is 1. The maximum absolute atomic E-state index is 11.1. The fourth-order valence-electron chi connectivity index (χ4n) is 1.65. The van der Waals surface area contributed by atoms with Gasteiger partial charge in [-0.15, -0.1) is 0 Å². The molecule has 0 unspecified atom stereocenters. The summed E-state index contributed by atoms with van der Waals surface area (Å²) in [7, 11) is 0. The van der Waals surface area contributed by atoms with Crippen LogP contribution in [0.2, 0.25) is 5.02 Å². The van der Waals surface area contributed by atoms with Gasteiger partial charge in [0.05, 0.1) is 13.2 Å². The summed E-state index contributed by atoms with van der Waals surface area (Å²) < 4.78 is 0. The van der Waals surface area contributed by atoms with Gasteiger partial charge in [0.25, 0.3) is 0 Å². The molecule has 1 aromatic carbocycles. The second-order valence-corrected chi connectivity index (χ2v) is 4.56. The molecule has 0 aromatic heterocycles. The topological polar surface area (TPSA) is 66.6 Å². The Morgan fingerprint density at radius 2 is 2.18 bits per heavy atom. The van der Waals surface area contributed by atoms with Gasteiger partial charge in [0, 0.05) is 22.3 Å². The van der Waals surface area contributed by atoms with Crippen LogP contribution in [0.3, 0.4) is 0 Å². The van der Waals surface area contributed by atoms with Crippen LogP contribution in [0.1, 0.15) is 19.4 Å². The molecular formula is C12H17ClN2O2. The molecule has 0 saturated heterocycles.